The van der Waals surface area contributed by atoms with Crippen molar-refractivity contribution in [3.63, 3.8) is 0 Å². The predicted molar refractivity (Wildman–Crippen MR) is 111 cm³/mol. The molecule has 4 rings (SSSR count). The van der Waals surface area contributed by atoms with E-state index in [0.717, 1.165) is 40.1 Å². The average molecular weight is 371 g/mol. The predicted octanol–water partition coefficient (Wildman–Crippen LogP) is 3.72. The maximum atomic E-state index is 12.6. The van der Waals surface area contributed by atoms with Gasteiger partial charge in [-0.25, -0.2) is 0 Å². The Morgan fingerprint density at radius 2 is 1.93 bits per heavy atom. The molecule has 1 aromatic carbocycles. The number of hydrogen-bond donors (Lipinski definition) is 2. The highest BCUT2D eigenvalue weighted by Gasteiger charge is 2.24. The van der Waals surface area contributed by atoms with E-state index in [4.69, 9.17) is 0 Å². The Kier molecular flexibility index (Phi) is 4.76. The van der Waals surface area contributed by atoms with Gasteiger partial charge in [-0.2, -0.15) is 0 Å². The quantitative estimate of drug-likeness (QED) is 0.712. The molecule has 2 N–H and O–H groups in total. The molecule has 6 heteroatoms. The van der Waals surface area contributed by atoms with Gasteiger partial charge in [0.1, 0.15) is 0 Å². The summed E-state index contributed by atoms with van der Waals surface area (Å²) in [5.41, 5.74) is 8.17. The van der Waals surface area contributed by atoms with Crippen molar-refractivity contribution in [2.45, 2.75) is 13.8 Å². The van der Waals surface area contributed by atoms with Crippen LogP contribution in [0.1, 0.15) is 19.4 Å². The zero-order chi connectivity index (χ0) is 19.5. The summed E-state index contributed by atoms with van der Waals surface area (Å²) in [5.74, 6) is -0.0211. The van der Waals surface area contributed by atoms with E-state index in [1.165, 1.54) is 0 Å². The number of carbonyl (C=O) groups excluding carboxylic acids is 1. The Bertz CT molecular complexity index is 1080. The lowest BCUT2D eigenvalue weighted by Crippen LogP contribution is -2.38. The summed E-state index contributed by atoms with van der Waals surface area (Å²) < 4.78 is 0. The summed E-state index contributed by atoms with van der Waals surface area (Å²) in [6.45, 7) is 4.37. The highest BCUT2D eigenvalue weighted by molar-refractivity contribution is 6.06. The smallest absolute Gasteiger partial charge is 0.164 e. The number of rotatable bonds is 5. The number of anilines is 1. The molecule has 0 amide bonds. The fraction of sp³-hybridized carbons (Fsp3) is 0.136. The third-order valence-electron chi connectivity index (χ3n) is 4.64. The van der Waals surface area contributed by atoms with Crippen molar-refractivity contribution in [1.82, 2.24) is 20.4 Å². The standard InChI is InChI=1S/C22H21N5O/c1-3-27-14-20(25-19-8-4-7-18-17(19)6-5-11-24-18)21(15(2)28)22(26-27)16-9-12-23-13-10-16/h4-14,25-26H,3H2,1-2H3. The molecule has 0 atom stereocenters. The van der Waals surface area contributed by atoms with Crippen molar-refractivity contribution in [2.24, 2.45) is 0 Å². The second-order valence-electron chi connectivity index (χ2n) is 6.48. The molecule has 0 saturated heterocycles. The fourth-order valence-electron chi connectivity index (χ4n) is 3.30. The van der Waals surface area contributed by atoms with Gasteiger partial charge in [0.2, 0.25) is 0 Å². The van der Waals surface area contributed by atoms with Gasteiger partial charge >= 0.3 is 0 Å². The topological polar surface area (TPSA) is 70.2 Å². The molecular weight excluding hydrogens is 350 g/mol. The molecule has 0 saturated carbocycles. The van der Waals surface area contributed by atoms with Crippen molar-refractivity contribution in [1.29, 1.82) is 0 Å². The van der Waals surface area contributed by atoms with E-state index in [0.29, 0.717) is 5.57 Å². The molecule has 3 heterocycles. The Morgan fingerprint density at radius 3 is 2.68 bits per heavy atom. The Hall–Kier alpha value is -3.67. The van der Waals surface area contributed by atoms with E-state index < -0.39 is 0 Å². The lowest BCUT2D eigenvalue weighted by molar-refractivity contribution is -0.113. The summed E-state index contributed by atoms with van der Waals surface area (Å²) in [4.78, 5) is 21.1. The number of nitrogens with one attached hydrogen (secondary N) is 2. The van der Waals surface area contributed by atoms with Gasteiger partial charge in [0.05, 0.1) is 22.5 Å². The number of pyridine rings is 2. The molecule has 0 aliphatic carbocycles. The highest BCUT2D eigenvalue weighted by atomic mass is 16.1. The van der Waals surface area contributed by atoms with Gasteiger partial charge in [0.25, 0.3) is 0 Å². The van der Waals surface area contributed by atoms with Crippen LogP contribution in [0.5, 0.6) is 0 Å². The summed E-state index contributed by atoms with van der Waals surface area (Å²) in [7, 11) is 0. The van der Waals surface area contributed by atoms with Crippen LogP contribution < -0.4 is 10.7 Å². The van der Waals surface area contributed by atoms with Crippen LogP contribution in [0.3, 0.4) is 0 Å². The number of aromatic nitrogens is 2. The molecule has 1 aliphatic rings. The van der Waals surface area contributed by atoms with Crippen LogP contribution in [0, 0.1) is 0 Å². The molecule has 3 aromatic rings. The van der Waals surface area contributed by atoms with Crippen molar-refractivity contribution >= 4 is 28.1 Å². The highest BCUT2D eigenvalue weighted by Crippen LogP contribution is 2.30. The van der Waals surface area contributed by atoms with Gasteiger partial charge in [0.15, 0.2) is 5.78 Å². The zero-order valence-corrected chi connectivity index (χ0v) is 15.8. The van der Waals surface area contributed by atoms with Crippen molar-refractivity contribution in [3.8, 4) is 0 Å². The minimum atomic E-state index is -0.0211. The third-order valence-corrected chi connectivity index (χ3v) is 4.64. The fourth-order valence-corrected chi connectivity index (χ4v) is 3.30. The van der Waals surface area contributed by atoms with Gasteiger partial charge < -0.3 is 5.32 Å². The van der Waals surface area contributed by atoms with Crippen molar-refractivity contribution in [2.75, 3.05) is 11.9 Å². The molecule has 0 spiro atoms. The second-order valence-corrected chi connectivity index (χ2v) is 6.48. The van der Waals surface area contributed by atoms with Gasteiger partial charge in [-0.15, -0.1) is 0 Å². The van der Waals surface area contributed by atoms with Gasteiger partial charge in [-0.05, 0) is 50.2 Å². The Balaban J connectivity index is 1.84. The Labute approximate surface area is 163 Å². The van der Waals surface area contributed by atoms with Crippen LogP contribution in [-0.2, 0) is 4.79 Å². The zero-order valence-electron chi connectivity index (χ0n) is 15.8. The van der Waals surface area contributed by atoms with Crippen LogP contribution in [0.25, 0.3) is 16.6 Å². The molecule has 0 bridgehead atoms. The number of carbonyl (C=O) groups is 1. The molecule has 0 radical (unpaired) electrons. The lowest BCUT2D eigenvalue weighted by atomic mass is 10.00. The van der Waals surface area contributed by atoms with Crippen LogP contribution in [-0.4, -0.2) is 27.3 Å². The first-order chi connectivity index (χ1) is 13.7. The Morgan fingerprint density at radius 1 is 1.11 bits per heavy atom. The first-order valence-electron chi connectivity index (χ1n) is 9.19. The molecule has 6 nitrogen and oxygen atoms in total. The minimum Gasteiger partial charge on any atom is -0.353 e. The summed E-state index contributed by atoms with van der Waals surface area (Å²) >= 11 is 0. The summed E-state index contributed by atoms with van der Waals surface area (Å²) in [6.07, 6.45) is 7.15. The largest absolute Gasteiger partial charge is 0.353 e. The van der Waals surface area contributed by atoms with Gasteiger partial charge in [-0.1, -0.05) is 6.07 Å². The maximum absolute atomic E-state index is 12.6. The average Bonchev–Trinajstić information content (AvgIpc) is 2.74. The van der Waals surface area contributed by atoms with Gasteiger partial charge in [-0.3, -0.25) is 25.2 Å². The first-order valence-corrected chi connectivity index (χ1v) is 9.19. The van der Waals surface area contributed by atoms with Crippen molar-refractivity contribution in [3.05, 3.63) is 84.1 Å². The molecule has 0 unspecified atom stereocenters. The van der Waals surface area contributed by atoms with Crippen molar-refractivity contribution < 1.29 is 4.79 Å². The molecule has 1 aliphatic heterocycles. The number of fused-ring (bicyclic) bond motifs is 1. The number of allylic oxidation sites excluding steroid dienone is 1. The number of hydrogen-bond acceptors (Lipinski definition) is 6. The number of ketones is 1. The summed E-state index contributed by atoms with van der Waals surface area (Å²) in [6, 6.07) is 13.6. The monoisotopic (exact) mass is 371 g/mol. The number of benzene rings is 1. The first kappa shape index (κ1) is 17.7. The molecular formula is C22H21N5O. The van der Waals surface area contributed by atoms with E-state index in [1.54, 1.807) is 25.5 Å². The van der Waals surface area contributed by atoms with E-state index in [2.05, 4.69) is 20.7 Å². The van der Waals surface area contributed by atoms with E-state index in [9.17, 15) is 4.79 Å². The molecule has 140 valence electrons. The summed E-state index contributed by atoms with van der Waals surface area (Å²) in [5, 5.41) is 6.42. The number of hydrazine groups is 1. The third kappa shape index (κ3) is 3.32. The number of Topliss-reactive ketones (excluding diaryl/α,β-unsaturated/α-hetero) is 1. The normalized spacial score (nSPS) is 13.9. The number of nitrogens with zero attached hydrogens (tertiary/aromatic N) is 3. The van der Waals surface area contributed by atoms with Crippen LogP contribution in [0.2, 0.25) is 0 Å². The van der Waals surface area contributed by atoms with Crippen LogP contribution >= 0.6 is 0 Å². The molecule has 2 aromatic heterocycles. The van der Waals surface area contributed by atoms with Crippen LogP contribution in [0.4, 0.5) is 5.69 Å². The molecule has 0 fully saturated rings. The maximum Gasteiger partial charge on any atom is 0.164 e. The van der Waals surface area contributed by atoms with E-state index in [-0.39, 0.29) is 5.78 Å². The van der Waals surface area contributed by atoms with Gasteiger partial charge in [0, 0.05) is 48.0 Å². The van der Waals surface area contributed by atoms with Crippen LogP contribution in [0.15, 0.2) is 78.5 Å². The van der Waals surface area contributed by atoms with E-state index in [1.807, 2.05) is 60.6 Å². The SMILES string of the molecule is CCN1C=C(Nc2cccc3ncccc23)C(C(C)=O)=C(c2ccncc2)N1. The molecule has 28 heavy (non-hydrogen) atoms. The lowest BCUT2D eigenvalue weighted by Gasteiger charge is -2.31. The minimum absolute atomic E-state index is 0.0211. The second kappa shape index (κ2) is 7.52. The van der Waals surface area contributed by atoms with E-state index >= 15 is 0 Å².